The highest BCUT2D eigenvalue weighted by Gasteiger charge is 2.48. The van der Waals surface area contributed by atoms with Crippen LogP contribution < -0.4 is 0 Å². The first-order chi connectivity index (χ1) is 19.8. The molecule has 1 aliphatic heterocycles. The van der Waals surface area contributed by atoms with Gasteiger partial charge < -0.3 is 23.7 Å². The molecule has 0 radical (unpaired) electrons. The molecule has 0 saturated carbocycles. The van der Waals surface area contributed by atoms with Gasteiger partial charge in [-0.05, 0) is 22.3 Å². The Labute approximate surface area is 235 Å². The Kier molecular flexibility index (Phi) is 10.1. The van der Waals surface area contributed by atoms with Crippen LogP contribution in [0.5, 0.6) is 0 Å². The second-order valence-corrected chi connectivity index (χ2v) is 9.72. The van der Waals surface area contributed by atoms with Gasteiger partial charge in [-0.2, -0.15) is 0 Å². The standard InChI is InChI=1S/C34H34O6/c35-34-33(39-24-29-19-11-4-12-20-29)32(38-23-28-17-9-3-10-18-28)31(37-22-27-15-7-2-8-16-27)30(40-34)25-36-21-26-13-5-1-6-14-26/h1-20,30-33H,21-25H2/t30?,31-,32-,33?/m0/s1. The van der Waals surface area contributed by atoms with Gasteiger partial charge in [0.25, 0.3) is 0 Å². The van der Waals surface area contributed by atoms with Gasteiger partial charge in [0.2, 0.25) is 0 Å². The lowest BCUT2D eigenvalue weighted by Gasteiger charge is -2.41. The number of ether oxygens (including phenoxy) is 5. The van der Waals surface area contributed by atoms with E-state index >= 15 is 0 Å². The fourth-order valence-corrected chi connectivity index (χ4v) is 4.64. The Hall–Kier alpha value is -3.81. The molecule has 2 unspecified atom stereocenters. The van der Waals surface area contributed by atoms with Crippen molar-refractivity contribution in [3.8, 4) is 0 Å². The van der Waals surface area contributed by atoms with E-state index in [1.165, 1.54) is 0 Å². The molecule has 206 valence electrons. The molecular weight excluding hydrogens is 504 g/mol. The van der Waals surface area contributed by atoms with E-state index in [1.807, 2.05) is 121 Å². The summed E-state index contributed by atoms with van der Waals surface area (Å²) in [4.78, 5) is 13.4. The molecule has 40 heavy (non-hydrogen) atoms. The number of hydrogen-bond acceptors (Lipinski definition) is 6. The third-order valence-electron chi connectivity index (χ3n) is 6.73. The van der Waals surface area contributed by atoms with Crippen molar-refractivity contribution in [3.63, 3.8) is 0 Å². The largest absolute Gasteiger partial charge is 0.455 e. The molecular formula is C34H34O6. The van der Waals surface area contributed by atoms with Crippen LogP contribution in [0.25, 0.3) is 0 Å². The molecule has 0 aliphatic carbocycles. The molecule has 1 aliphatic rings. The second kappa shape index (κ2) is 14.5. The smallest absolute Gasteiger partial charge is 0.338 e. The van der Waals surface area contributed by atoms with Gasteiger partial charge in [0.1, 0.15) is 12.2 Å². The van der Waals surface area contributed by atoms with E-state index in [9.17, 15) is 4.79 Å². The number of cyclic esters (lactones) is 1. The highest BCUT2D eigenvalue weighted by atomic mass is 16.6. The molecule has 4 aromatic rings. The number of carbonyl (C=O) groups excluding carboxylic acids is 1. The van der Waals surface area contributed by atoms with Gasteiger partial charge >= 0.3 is 5.97 Å². The zero-order chi connectivity index (χ0) is 27.4. The van der Waals surface area contributed by atoms with Gasteiger partial charge in [0.05, 0.1) is 33.0 Å². The van der Waals surface area contributed by atoms with Crippen LogP contribution in [0.1, 0.15) is 22.3 Å². The first-order valence-corrected chi connectivity index (χ1v) is 13.5. The molecule has 0 N–H and O–H groups in total. The molecule has 4 atom stereocenters. The van der Waals surface area contributed by atoms with Crippen LogP contribution in [-0.2, 0) is 54.9 Å². The highest BCUT2D eigenvalue weighted by Crippen LogP contribution is 2.28. The van der Waals surface area contributed by atoms with Crippen molar-refractivity contribution in [2.75, 3.05) is 6.61 Å². The molecule has 0 amide bonds. The fourth-order valence-electron chi connectivity index (χ4n) is 4.64. The van der Waals surface area contributed by atoms with Gasteiger partial charge in [-0.25, -0.2) is 4.79 Å². The average Bonchev–Trinajstić information content (AvgIpc) is 3.01. The lowest BCUT2D eigenvalue weighted by Crippen LogP contribution is -2.59. The minimum Gasteiger partial charge on any atom is -0.455 e. The molecule has 0 aromatic heterocycles. The second-order valence-electron chi connectivity index (χ2n) is 9.72. The maximum absolute atomic E-state index is 13.4. The summed E-state index contributed by atoms with van der Waals surface area (Å²) in [6, 6.07) is 39.4. The maximum Gasteiger partial charge on any atom is 0.338 e. The predicted octanol–water partition coefficient (Wildman–Crippen LogP) is 5.88. The highest BCUT2D eigenvalue weighted by molar-refractivity contribution is 5.77. The molecule has 1 fully saturated rings. The van der Waals surface area contributed by atoms with Crippen LogP contribution in [0.15, 0.2) is 121 Å². The molecule has 1 heterocycles. The summed E-state index contributed by atoms with van der Waals surface area (Å²) in [6.45, 7) is 1.43. The number of rotatable bonds is 13. The molecule has 6 nitrogen and oxygen atoms in total. The Morgan fingerprint density at radius 1 is 0.500 bits per heavy atom. The molecule has 4 aromatic carbocycles. The van der Waals surface area contributed by atoms with Crippen molar-refractivity contribution in [3.05, 3.63) is 144 Å². The van der Waals surface area contributed by atoms with Crippen molar-refractivity contribution in [2.24, 2.45) is 0 Å². The van der Waals surface area contributed by atoms with Gasteiger partial charge in [0, 0.05) is 0 Å². The lowest BCUT2D eigenvalue weighted by molar-refractivity contribution is -0.239. The van der Waals surface area contributed by atoms with Crippen LogP contribution in [0.3, 0.4) is 0 Å². The van der Waals surface area contributed by atoms with E-state index in [0.29, 0.717) is 19.8 Å². The fraction of sp³-hybridized carbons (Fsp3) is 0.265. The maximum atomic E-state index is 13.4. The van der Waals surface area contributed by atoms with Crippen molar-refractivity contribution >= 4 is 5.97 Å². The van der Waals surface area contributed by atoms with E-state index in [0.717, 1.165) is 22.3 Å². The monoisotopic (exact) mass is 538 g/mol. The van der Waals surface area contributed by atoms with Gasteiger partial charge in [-0.3, -0.25) is 0 Å². The normalized spacial score (nSPS) is 20.6. The third-order valence-corrected chi connectivity index (χ3v) is 6.73. The molecule has 0 bridgehead atoms. The van der Waals surface area contributed by atoms with Crippen LogP contribution in [0, 0.1) is 0 Å². The SMILES string of the molecule is O=C1OC(COCc2ccccc2)[C@H](OCc2ccccc2)[C@H](OCc2ccccc2)C1OCc1ccccc1. The van der Waals surface area contributed by atoms with E-state index < -0.39 is 30.4 Å². The van der Waals surface area contributed by atoms with E-state index in [4.69, 9.17) is 23.7 Å². The minimum atomic E-state index is -0.963. The third kappa shape index (κ3) is 7.87. The number of benzene rings is 4. The average molecular weight is 539 g/mol. The van der Waals surface area contributed by atoms with Crippen LogP contribution in [-0.4, -0.2) is 37.0 Å². The molecule has 5 rings (SSSR count). The molecule has 1 saturated heterocycles. The first-order valence-electron chi connectivity index (χ1n) is 13.5. The van der Waals surface area contributed by atoms with Crippen molar-refractivity contribution in [2.45, 2.75) is 50.8 Å². The van der Waals surface area contributed by atoms with Crippen LogP contribution >= 0.6 is 0 Å². The van der Waals surface area contributed by atoms with Crippen LogP contribution in [0.2, 0.25) is 0 Å². The summed E-state index contributed by atoms with van der Waals surface area (Å²) >= 11 is 0. The van der Waals surface area contributed by atoms with Crippen molar-refractivity contribution < 1.29 is 28.5 Å². The summed E-state index contributed by atoms with van der Waals surface area (Å²) in [5.74, 6) is -0.484. The van der Waals surface area contributed by atoms with E-state index in [2.05, 4.69) is 0 Å². The first kappa shape index (κ1) is 27.7. The lowest BCUT2D eigenvalue weighted by atomic mass is 9.98. The van der Waals surface area contributed by atoms with E-state index in [1.54, 1.807) is 0 Å². The van der Waals surface area contributed by atoms with Gasteiger partial charge in [0.15, 0.2) is 12.2 Å². The van der Waals surface area contributed by atoms with Crippen LogP contribution in [0.4, 0.5) is 0 Å². The summed E-state index contributed by atoms with van der Waals surface area (Å²) in [6.07, 6.45) is -2.95. The topological polar surface area (TPSA) is 63.2 Å². The number of hydrogen-bond donors (Lipinski definition) is 0. The quantitative estimate of drug-likeness (QED) is 0.198. The Morgan fingerprint density at radius 2 is 0.900 bits per heavy atom. The van der Waals surface area contributed by atoms with Gasteiger partial charge in [-0.1, -0.05) is 121 Å². The van der Waals surface area contributed by atoms with Gasteiger partial charge in [-0.15, -0.1) is 0 Å². The Bertz CT molecular complexity index is 1280. The summed E-state index contributed by atoms with van der Waals surface area (Å²) in [7, 11) is 0. The summed E-state index contributed by atoms with van der Waals surface area (Å²) in [5, 5.41) is 0. The minimum absolute atomic E-state index is 0.163. The zero-order valence-electron chi connectivity index (χ0n) is 22.3. The summed E-state index contributed by atoms with van der Waals surface area (Å²) < 4.78 is 31.0. The number of carbonyl (C=O) groups is 1. The Balaban J connectivity index is 1.36. The molecule has 0 spiro atoms. The van der Waals surface area contributed by atoms with Crippen molar-refractivity contribution in [1.29, 1.82) is 0 Å². The van der Waals surface area contributed by atoms with E-state index in [-0.39, 0.29) is 13.2 Å². The predicted molar refractivity (Wildman–Crippen MR) is 151 cm³/mol. The zero-order valence-corrected chi connectivity index (χ0v) is 22.3. The molecule has 6 heteroatoms. The summed E-state index contributed by atoms with van der Waals surface area (Å²) in [5.41, 5.74) is 3.98. The number of esters is 1. The Morgan fingerprint density at radius 3 is 1.38 bits per heavy atom. The van der Waals surface area contributed by atoms with Crippen molar-refractivity contribution in [1.82, 2.24) is 0 Å².